The van der Waals surface area contributed by atoms with Crippen LogP contribution in [0, 0.1) is 11.3 Å². The normalized spacial score (nSPS) is 22.2. The number of phosphoric acid groups is 1. The minimum absolute atomic E-state index is 0.0472. The summed E-state index contributed by atoms with van der Waals surface area (Å²) in [4.78, 5) is 18.6. The van der Waals surface area contributed by atoms with Gasteiger partial charge in [-0.25, -0.2) is 19.0 Å². The maximum Gasteiger partial charge on any atom is 0.472 e. The number of phosphoric ester groups is 1. The first kappa shape index (κ1) is 40.6. The topological polar surface area (TPSA) is 217 Å². The van der Waals surface area contributed by atoms with Crippen molar-refractivity contribution in [1.29, 1.82) is 5.26 Å². The van der Waals surface area contributed by atoms with Gasteiger partial charge >= 0.3 is 7.82 Å². The highest BCUT2D eigenvalue weighted by atomic mass is 31.2. The highest BCUT2D eigenvalue weighted by molar-refractivity contribution is 7.47. The van der Waals surface area contributed by atoms with E-state index in [4.69, 9.17) is 34.3 Å². The van der Waals surface area contributed by atoms with Crippen LogP contribution in [0.2, 0.25) is 0 Å². The first-order chi connectivity index (χ1) is 24.5. The van der Waals surface area contributed by atoms with E-state index in [1.807, 2.05) is 6.07 Å². The summed E-state index contributed by atoms with van der Waals surface area (Å²) in [6.07, 6.45) is 14.9. The SMILES string of the molecule is CCCCCCCCCCCCCCOC[C@H](COP(=O)(O)OC[C@@]1(C)OCC(O)(c2ccc3c(N)ncnn23)[C@@H]1O)Oc1ccc(C#N)cn1. The van der Waals surface area contributed by atoms with Crippen molar-refractivity contribution in [2.75, 3.05) is 38.8 Å². The molecule has 1 fully saturated rings. The lowest BCUT2D eigenvalue weighted by Gasteiger charge is -2.32. The maximum absolute atomic E-state index is 13.0. The molecule has 5 N–H and O–H groups in total. The van der Waals surface area contributed by atoms with E-state index in [1.54, 1.807) is 18.2 Å². The van der Waals surface area contributed by atoms with E-state index < -0.39 is 44.4 Å². The van der Waals surface area contributed by atoms with Gasteiger partial charge in [0.15, 0.2) is 11.4 Å². The molecule has 0 bridgehead atoms. The molecule has 4 heterocycles. The zero-order chi connectivity index (χ0) is 36.7. The van der Waals surface area contributed by atoms with Crippen LogP contribution < -0.4 is 10.5 Å². The van der Waals surface area contributed by atoms with Crippen molar-refractivity contribution in [3.8, 4) is 11.9 Å². The van der Waals surface area contributed by atoms with E-state index in [9.17, 15) is 19.7 Å². The Morgan fingerprint density at radius 1 is 1.04 bits per heavy atom. The standard InChI is InChI=1S/C35H53N6O9P/c1-3-4-5-6-7-8-9-10-11-12-13-14-19-46-22-28(50-31-18-15-27(20-36)21-38-31)23-48-51(44,45)49-24-34(2)33(42)35(43,25-47-34)30-17-16-29-32(37)39-26-40-41(29)30/h15-18,21,26,28,33,42-43H,3-14,19,22-25H2,1-2H3,(H,44,45)(H2,37,39,40)/t28-,33-,34-,35?/m1/s1. The van der Waals surface area contributed by atoms with Gasteiger partial charge in [0.05, 0.1) is 37.7 Å². The van der Waals surface area contributed by atoms with Crippen molar-refractivity contribution in [2.45, 2.75) is 114 Å². The molecule has 3 aromatic heterocycles. The monoisotopic (exact) mass is 732 g/mol. The second kappa shape index (κ2) is 19.6. The Labute approximate surface area is 299 Å². The van der Waals surface area contributed by atoms with Gasteiger partial charge in [0.1, 0.15) is 35.7 Å². The van der Waals surface area contributed by atoms with Gasteiger partial charge in [-0.15, -0.1) is 0 Å². The largest absolute Gasteiger partial charge is 0.472 e. The molecule has 16 heteroatoms. The lowest BCUT2D eigenvalue weighted by atomic mass is 9.86. The fraction of sp³-hybridized carbons (Fsp3) is 0.657. The van der Waals surface area contributed by atoms with Crippen LogP contribution in [0.25, 0.3) is 5.52 Å². The number of nitrogen functional groups attached to an aromatic ring is 1. The fourth-order valence-electron chi connectivity index (χ4n) is 6.04. The minimum Gasteiger partial charge on any atom is -0.469 e. The van der Waals surface area contributed by atoms with Crippen LogP contribution in [0.3, 0.4) is 0 Å². The molecule has 1 saturated heterocycles. The number of unbranched alkanes of at least 4 members (excludes halogenated alkanes) is 11. The van der Waals surface area contributed by atoms with Crippen LogP contribution in [-0.2, 0) is 28.7 Å². The van der Waals surface area contributed by atoms with Crippen LogP contribution in [0.15, 0.2) is 36.8 Å². The number of ether oxygens (including phenoxy) is 3. The summed E-state index contributed by atoms with van der Waals surface area (Å²) < 4.78 is 42.3. The molecule has 51 heavy (non-hydrogen) atoms. The Bertz CT molecular complexity index is 1590. The van der Waals surface area contributed by atoms with E-state index >= 15 is 0 Å². The third-order valence-corrected chi connectivity index (χ3v) is 10.0. The Kier molecular flexibility index (Phi) is 15.6. The van der Waals surface area contributed by atoms with Gasteiger partial charge in [-0.3, -0.25) is 9.05 Å². The highest BCUT2D eigenvalue weighted by Gasteiger charge is 2.58. The van der Waals surface area contributed by atoms with Gasteiger partial charge in [0.25, 0.3) is 0 Å². The van der Waals surface area contributed by atoms with Gasteiger partial charge in [-0.2, -0.15) is 10.4 Å². The van der Waals surface area contributed by atoms with Crippen LogP contribution in [0.4, 0.5) is 5.82 Å². The molecule has 0 aromatic carbocycles. The number of aromatic nitrogens is 4. The third-order valence-electron chi connectivity index (χ3n) is 9.11. The van der Waals surface area contributed by atoms with Crippen LogP contribution in [-0.4, -0.2) is 85.5 Å². The van der Waals surface area contributed by atoms with Gasteiger partial charge in [0, 0.05) is 18.9 Å². The molecule has 15 nitrogen and oxygen atoms in total. The fourth-order valence-corrected chi connectivity index (χ4v) is 6.89. The molecule has 282 valence electrons. The van der Waals surface area contributed by atoms with Crippen LogP contribution >= 0.6 is 7.82 Å². The van der Waals surface area contributed by atoms with E-state index in [2.05, 4.69) is 22.0 Å². The highest BCUT2D eigenvalue weighted by Crippen LogP contribution is 2.47. The van der Waals surface area contributed by atoms with E-state index in [1.165, 1.54) is 87.8 Å². The van der Waals surface area contributed by atoms with Crippen molar-refractivity contribution in [3.05, 3.63) is 48.0 Å². The predicted molar refractivity (Wildman–Crippen MR) is 189 cm³/mol. The van der Waals surface area contributed by atoms with E-state index in [-0.39, 0.29) is 30.6 Å². The summed E-state index contributed by atoms with van der Waals surface area (Å²) in [5.41, 5.74) is 3.35. The summed E-state index contributed by atoms with van der Waals surface area (Å²) in [5, 5.41) is 35.9. The lowest BCUT2D eigenvalue weighted by Crippen LogP contribution is -2.49. The Balaban J connectivity index is 1.23. The summed E-state index contributed by atoms with van der Waals surface area (Å²) in [6.45, 7) is 2.87. The molecule has 5 atom stereocenters. The van der Waals surface area contributed by atoms with Crippen LogP contribution in [0.1, 0.15) is 102 Å². The summed E-state index contributed by atoms with van der Waals surface area (Å²) >= 11 is 0. The first-order valence-corrected chi connectivity index (χ1v) is 19.4. The molecule has 3 aromatic rings. The number of pyridine rings is 1. The molecular formula is C35H53N6O9P. The van der Waals surface area contributed by atoms with Gasteiger partial charge in [-0.05, 0) is 31.5 Å². The number of aliphatic hydroxyl groups is 2. The zero-order valence-electron chi connectivity index (χ0n) is 29.7. The Morgan fingerprint density at radius 2 is 1.73 bits per heavy atom. The van der Waals surface area contributed by atoms with Gasteiger partial charge < -0.3 is 35.1 Å². The number of nitrogens with zero attached hydrogens (tertiary/aromatic N) is 5. The smallest absolute Gasteiger partial charge is 0.469 e. The average Bonchev–Trinajstić information content (AvgIpc) is 3.67. The second-order valence-corrected chi connectivity index (χ2v) is 14.8. The molecule has 1 aliphatic rings. The predicted octanol–water partition coefficient (Wildman–Crippen LogP) is 5.21. The molecule has 1 aliphatic heterocycles. The number of hydrogen-bond donors (Lipinski definition) is 4. The van der Waals surface area contributed by atoms with Crippen molar-refractivity contribution in [2.24, 2.45) is 0 Å². The summed E-state index contributed by atoms with van der Waals surface area (Å²) in [7, 11) is -4.72. The van der Waals surface area contributed by atoms with Crippen molar-refractivity contribution in [3.63, 3.8) is 0 Å². The quantitative estimate of drug-likeness (QED) is 0.0687. The van der Waals surface area contributed by atoms with Crippen molar-refractivity contribution < 1.29 is 42.9 Å². The zero-order valence-corrected chi connectivity index (χ0v) is 30.6. The van der Waals surface area contributed by atoms with E-state index in [0.29, 0.717) is 17.7 Å². The minimum atomic E-state index is -4.72. The average molecular weight is 733 g/mol. The number of aliphatic hydroxyl groups excluding tert-OH is 1. The van der Waals surface area contributed by atoms with E-state index in [0.717, 1.165) is 19.3 Å². The molecular weight excluding hydrogens is 679 g/mol. The molecule has 0 spiro atoms. The molecule has 0 aliphatic carbocycles. The van der Waals surface area contributed by atoms with Crippen molar-refractivity contribution in [1.82, 2.24) is 19.6 Å². The number of nitrogens with two attached hydrogens (primary N) is 1. The van der Waals surface area contributed by atoms with Gasteiger partial charge in [0.2, 0.25) is 5.88 Å². The second-order valence-electron chi connectivity index (χ2n) is 13.3. The van der Waals surface area contributed by atoms with Crippen LogP contribution in [0.5, 0.6) is 5.88 Å². The maximum atomic E-state index is 13.0. The van der Waals surface area contributed by atoms with Crippen molar-refractivity contribution >= 4 is 19.2 Å². The van der Waals surface area contributed by atoms with Gasteiger partial charge in [-0.1, -0.05) is 77.6 Å². The third kappa shape index (κ3) is 11.7. The lowest BCUT2D eigenvalue weighted by molar-refractivity contribution is -0.1000. The molecule has 4 rings (SSSR count). The number of rotatable bonds is 24. The number of anilines is 1. The molecule has 2 unspecified atom stereocenters. The summed E-state index contributed by atoms with van der Waals surface area (Å²) in [6, 6.07) is 8.20. The molecule has 0 radical (unpaired) electrons. The summed E-state index contributed by atoms with van der Waals surface area (Å²) in [5.74, 6) is 0.370. The molecule has 0 amide bonds. The number of fused-ring (bicyclic) bond motifs is 1. The Morgan fingerprint density at radius 3 is 2.37 bits per heavy atom. The Hall–Kier alpha value is -3.19. The first-order valence-electron chi connectivity index (χ1n) is 17.9. The molecule has 0 saturated carbocycles. The number of hydrogen-bond acceptors (Lipinski definition) is 13. The number of nitriles is 1.